The third-order valence-corrected chi connectivity index (χ3v) is 7.13. The van der Waals surface area contributed by atoms with Crippen molar-refractivity contribution < 1.29 is 13.2 Å². The van der Waals surface area contributed by atoms with Gasteiger partial charge in [0.05, 0.1) is 11.9 Å². The van der Waals surface area contributed by atoms with Crippen molar-refractivity contribution in [3.63, 3.8) is 0 Å². The smallest absolute Gasteiger partial charge is 0.347 e. The molecule has 0 aliphatic carbocycles. The van der Waals surface area contributed by atoms with Crippen LogP contribution in [-0.2, 0) is 25.7 Å². The molecular formula is C20H25F3N8S. The van der Waals surface area contributed by atoms with Gasteiger partial charge in [0.15, 0.2) is 5.82 Å². The van der Waals surface area contributed by atoms with Gasteiger partial charge < -0.3 is 20.1 Å². The molecule has 1 saturated heterocycles. The van der Waals surface area contributed by atoms with Crippen LogP contribution in [0.3, 0.4) is 0 Å². The molecule has 0 aromatic carbocycles. The van der Waals surface area contributed by atoms with E-state index >= 15 is 0 Å². The van der Waals surface area contributed by atoms with Crippen LogP contribution >= 0.6 is 11.3 Å². The molecule has 0 saturated carbocycles. The van der Waals surface area contributed by atoms with Crippen molar-refractivity contribution in [1.29, 1.82) is 0 Å². The molecule has 3 aromatic heterocycles. The summed E-state index contributed by atoms with van der Waals surface area (Å²) >= 11 is 1.66. The van der Waals surface area contributed by atoms with E-state index in [4.69, 9.17) is 15.7 Å². The first kappa shape index (κ1) is 21.4. The number of aromatic nitrogens is 5. The van der Waals surface area contributed by atoms with Gasteiger partial charge in [-0.15, -0.1) is 21.5 Å². The van der Waals surface area contributed by atoms with Crippen LogP contribution in [-0.4, -0.2) is 50.4 Å². The molecule has 8 nitrogen and oxygen atoms in total. The SMILES string of the molecule is CCCc1cc2c(N3CCn4c(nnc4C(F)(F)F)C3)nc(N3CCC(N)CC3)nc2s1. The molecule has 2 aliphatic rings. The van der Waals surface area contributed by atoms with Gasteiger partial charge in [0.1, 0.15) is 10.6 Å². The number of rotatable bonds is 4. The maximum atomic E-state index is 13.2. The standard InChI is InChI=1S/C20H25F3N8S/c1-2-3-13-10-14-16(25-19(26-17(14)32-13)29-6-4-12(24)5-7-29)30-8-9-31-15(11-30)27-28-18(31)20(21,22)23/h10,12H,2-9,11,24H2,1H3. The normalized spacial score (nSPS) is 17.9. The Labute approximate surface area is 187 Å². The minimum atomic E-state index is -4.51. The quantitative estimate of drug-likeness (QED) is 0.632. The van der Waals surface area contributed by atoms with Crippen LogP contribution in [0.1, 0.15) is 42.7 Å². The van der Waals surface area contributed by atoms with Crippen LogP contribution in [0.5, 0.6) is 0 Å². The zero-order chi connectivity index (χ0) is 22.5. The van der Waals surface area contributed by atoms with Crippen LogP contribution in [0.2, 0.25) is 0 Å². The Morgan fingerprint density at radius 3 is 2.59 bits per heavy atom. The lowest BCUT2D eigenvalue weighted by Crippen LogP contribution is -2.41. The fourth-order valence-electron chi connectivity index (χ4n) is 4.35. The van der Waals surface area contributed by atoms with Crippen LogP contribution in [0, 0.1) is 0 Å². The van der Waals surface area contributed by atoms with Crippen LogP contribution in [0.4, 0.5) is 24.9 Å². The summed E-state index contributed by atoms with van der Waals surface area (Å²) in [6, 6.07) is 2.32. The first-order valence-corrected chi connectivity index (χ1v) is 11.7. The van der Waals surface area contributed by atoms with Gasteiger partial charge in [-0.25, -0.2) is 4.98 Å². The first-order chi connectivity index (χ1) is 15.3. The number of anilines is 2. The molecule has 5 rings (SSSR count). The molecule has 0 amide bonds. The molecule has 5 heterocycles. The van der Waals surface area contributed by atoms with E-state index in [1.807, 2.05) is 4.90 Å². The molecule has 0 atom stereocenters. The second kappa shape index (κ2) is 8.14. The summed E-state index contributed by atoms with van der Waals surface area (Å²) in [6.45, 7) is 4.49. The largest absolute Gasteiger partial charge is 0.451 e. The highest BCUT2D eigenvalue weighted by Gasteiger charge is 2.39. The Balaban J connectivity index is 1.52. The monoisotopic (exact) mass is 466 g/mol. The summed E-state index contributed by atoms with van der Waals surface area (Å²) in [5.74, 6) is 0.768. The number of alkyl halides is 3. The molecule has 0 spiro atoms. The van der Waals surface area contributed by atoms with Crippen LogP contribution in [0.15, 0.2) is 6.07 Å². The molecule has 0 bridgehead atoms. The second-order valence-corrected chi connectivity index (χ2v) is 9.48. The Morgan fingerprint density at radius 1 is 1.09 bits per heavy atom. The lowest BCUT2D eigenvalue weighted by atomic mass is 10.1. The molecule has 3 aromatic rings. The van der Waals surface area contributed by atoms with Crippen molar-refractivity contribution in [2.45, 2.75) is 57.9 Å². The molecule has 2 N–H and O–H groups in total. The Morgan fingerprint density at radius 2 is 1.88 bits per heavy atom. The third-order valence-electron chi connectivity index (χ3n) is 6.04. The number of piperidine rings is 1. The predicted molar refractivity (Wildman–Crippen MR) is 117 cm³/mol. The molecule has 32 heavy (non-hydrogen) atoms. The van der Waals surface area contributed by atoms with Gasteiger partial charge in [0.2, 0.25) is 11.8 Å². The first-order valence-electron chi connectivity index (χ1n) is 10.9. The van der Waals surface area contributed by atoms with E-state index in [9.17, 15) is 13.2 Å². The number of nitrogens with zero attached hydrogens (tertiary/aromatic N) is 7. The summed E-state index contributed by atoms with van der Waals surface area (Å²) < 4.78 is 40.9. The molecule has 12 heteroatoms. The fourth-order valence-corrected chi connectivity index (χ4v) is 5.46. The summed E-state index contributed by atoms with van der Waals surface area (Å²) in [5.41, 5.74) is 6.06. The second-order valence-electron chi connectivity index (χ2n) is 8.36. The minimum Gasteiger partial charge on any atom is -0.347 e. The number of fused-ring (bicyclic) bond motifs is 2. The topological polar surface area (TPSA) is 89.0 Å². The molecule has 0 unspecified atom stereocenters. The third kappa shape index (κ3) is 3.90. The van der Waals surface area contributed by atoms with Crippen molar-refractivity contribution in [2.75, 3.05) is 29.4 Å². The average Bonchev–Trinajstić information content (AvgIpc) is 3.36. The average molecular weight is 467 g/mol. The van der Waals surface area contributed by atoms with Gasteiger partial charge in [-0.3, -0.25) is 0 Å². The van der Waals surface area contributed by atoms with Gasteiger partial charge in [-0.1, -0.05) is 13.3 Å². The van der Waals surface area contributed by atoms with Gasteiger partial charge in [0.25, 0.3) is 0 Å². The summed E-state index contributed by atoms with van der Waals surface area (Å²) in [4.78, 5) is 16.0. The predicted octanol–water partition coefficient (Wildman–Crippen LogP) is 3.20. The molecular weight excluding hydrogens is 441 g/mol. The summed E-state index contributed by atoms with van der Waals surface area (Å²) in [6.07, 6.45) is -0.762. The molecule has 2 aliphatic heterocycles. The minimum absolute atomic E-state index is 0.155. The highest BCUT2D eigenvalue weighted by Crippen LogP contribution is 2.36. The fraction of sp³-hybridized carbons (Fsp3) is 0.600. The van der Waals surface area contributed by atoms with E-state index in [-0.39, 0.29) is 19.1 Å². The van der Waals surface area contributed by atoms with Crippen molar-refractivity contribution >= 4 is 33.3 Å². The van der Waals surface area contributed by atoms with E-state index in [0.717, 1.165) is 59.4 Å². The van der Waals surface area contributed by atoms with E-state index in [1.165, 1.54) is 4.88 Å². The van der Waals surface area contributed by atoms with E-state index in [0.29, 0.717) is 18.3 Å². The highest BCUT2D eigenvalue weighted by molar-refractivity contribution is 7.18. The summed E-state index contributed by atoms with van der Waals surface area (Å²) in [5, 5.41) is 8.16. The number of nitrogens with two attached hydrogens (primary N) is 1. The Kier molecular flexibility index (Phi) is 5.44. The number of aryl methyl sites for hydroxylation is 1. The summed E-state index contributed by atoms with van der Waals surface area (Å²) in [7, 11) is 0. The zero-order valence-electron chi connectivity index (χ0n) is 17.8. The van der Waals surface area contributed by atoms with Crippen LogP contribution in [0.25, 0.3) is 10.2 Å². The zero-order valence-corrected chi connectivity index (χ0v) is 18.6. The Bertz CT molecular complexity index is 1120. The highest BCUT2D eigenvalue weighted by atomic mass is 32.1. The van der Waals surface area contributed by atoms with Crippen molar-refractivity contribution in [2.24, 2.45) is 5.73 Å². The maximum absolute atomic E-state index is 13.2. The van der Waals surface area contributed by atoms with Crippen molar-refractivity contribution in [1.82, 2.24) is 24.7 Å². The van der Waals surface area contributed by atoms with Gasteiger partial charge in [-0.05, 0) is 25.3 Å². The van der Waals surface area contributed by atoms with Crippen molar-refractivity contribution in [3.8, 4) is 0 Å². The maximum Gasteiger partial charge on any atom is 0.451 e. The lowest BCUT2D eigenvalue weighted by Gasteiger charge is -2.32. The molecule has 172 valence electrons. The van der Waals surface area contributed by atoms with Gasteiger partial charge in [-0.2, -0.15) is 18.2 Å². The Hall–Kier alpha value is -2.47. The number of thiophene rings is 1. The van der Waals surface area contributed by atoms with E-state index in [1.54, 1.807) is 11.3 Å². The van der Waals surface area contributed by atoms with E-state index in [2.05, 4.69) is 28.1 Å². The van der Waals surface area contributed by atoms with Gasteiger partial charge >= 0.3 is 6.18 Å². The molecule has 1 fully saturated rings. The number of halogens is 3. The number of hydrogen-bond acceptors (Lipinski definition) is 8. The van der Waals surface area contributed by atoms with Crippen molar-refractivity contribution in [3.05, 3.63) is 22.6 Å². The number of hydrogen-bond donors (Lipinski definition) is 1. The molecule has 0 radical (unpaired) electrons. The van der Waals surface area contributed by atoms with E-state index < -0.39 is 12.0 Å². The van der Waals surface area contributed by atoms with Crippen LogP contribution < -0.4 is 15.5 Å². The lowest BCUT2D eigenvalue weighted by molar-refractivity contribution is -0.147. The van der Waals surface area contributed by atoms with Gasteiger partial charge in [0, 0.05) is 37.1 Å².